The van der Waals surface area contributed by atoms with E-state index >= 15 is 8.78 Å². The molecule has 0 unspecified atom stereocenters. The van der Waals surface area contributed by atoms with Crippen molar-refractivity contribution in [2.24, 2.45) is 0 Å². The zero-order valence-corrected chi connectivity index (χ0v) is 21.1. The minimum Gasteiger partial charge on any atom is -0.383 e. The van der Waals surface area contributed by atoms with Crippen molar-refractivity contribution in [1.82, 2.24) is 20.2 Å². The van der Waals surface area contributed by atoms with Crippen LogP contribution < -0.4 is 11.1 Å². The van der Waals surface area contributed by atoms with Gasteiger partial charge in [0.05, 0.1) is 17.0 Å². The van der Waals surface area contributed by atoms with Crippen LogP contribution in [-0.2, 0) is 17.7 Å². The van der Waals surface area contributed by atoms with Crippen molar-refractivity contribution >= 4 is 11.7 Å². The molecule has 5 rings (SSSR count). The quantitative estimate of drug-likeness (QED) is 0.483. The monoisotopic (exact) mass is 507 g/mol. The zero-order valence-electron chi connectivity index (χ0n) is 21.1. The summed E-state index contributed by atoms with van der Waals surface area (Å²) in [5.41, 5.74) is 10.1. The molecule has 0 bridgehead atoms. The molecular weight excluding hydrogens is 476 g/mol. The number of rotatable bonds is 6. The van der Waals surface area contributed by atoms with Crippen LogP contribution in [0.2, 0.25) is 0 Å². The first-order chi connectivity index (χ1) is 17.9. The van der Waals surface area contributed by atoms with Gasteiger partial charge in [-0.05, 0) is 74.2 Å². The van der Waals surface area contributed by atoms with Gasteiger partial charge in [-0.15, -0.1) is 0 Å². The molecule has 7 nitrogen and oxygen atoms in total. The average molecular weight is 508 g/mol. The highest BCUT2D eigenvalue weighted by molar-refractivity contribution is 5.97. The van der Waals surface area contributed by atoms with E-state index in [2.05, 4.69) is 22.1 Å². The number of nitrogens with one attached hydrogen (secondary N) is 1. The lowest BCUT2D eigenvalue weighted by atomic mass is 9.89. The molecule has 1 saturated heterocycles. The summed E-state index contributed by atoms with van der Waals surface area (Å²) < 4.78 is 35.9. The van der Waals surface area contributed by atoms with E-state index in [1.807, 2.05) is 13.1 Å². The number of benzene rings is 1. The van der Waals surface area contributed by atoms with Gasteiger partial charge >= 0.3 is 0 Å². The van der Waals surface area contributed by atoms with Gasteiger partial charge in [0.1, 0.15) is 11.6 Å². The smallest absolute Gasteiger partial charge is 0.251 e. The van der Waals surface area contributed by atoms with Gasteiger partial charge in [0, 0.05) is 43.0 Å². The molecule has 0 radical (unpaired) electrons. The molecule has 1 aromatic carbocycles. The Morgan fingerprint density at radius 3 is 2.62 bits per heavy atom. The third-order valence-electron chi connectivity index (χ3n) is 7.32. The lowest BCUT2D eigenvalue weighted by Gasteiger charge is -2.26. The van der Waals surface area contributed by atoms with Crippen molar-refractivity contribution in [3.05, 3.63) is 64.5 Å². The Labute approximate surface area is 215 Å². The van der Waals surface area contributed by atoms with Crippen LogP contribution in [0.25, 0.3) is 22.4 Å². The minimum absolute atomic E-state index is 0.120. The Morgan fingerprint density at radius 2 is 1.86 bits per heavy atom. The fourth-order valence-corrected chi connectivity index (χ4v) is 5.08. The molecule has 2 aliphatic rings. The summed E-state index contributed by atoms with van der Waals surface area (Å²) >= 11 is 0. The van der Waals surface area contributed by atoms with E-state index in [1.165, 1.54) is 12.1 Å². The molecule has 1 amide bonds. The molecule has 2 aromatic heterocycles. The first-order valence-corrected chi connectivity index (χ1v) is 12.7. The second kappa shape index (κ2) is 10.5. The van der Waals surface area contributed by atoms with Crippen molar-refractivity contribution in [3.63, 3.8) is 0 Å². The Bertz CT molecular complexity index is 1340. The number of aromatic nitrogens is 2. The van der Waals surface area contributed by atoms with Gasteiger partial charge in [-0.2, -0.15) is 4.39 Å². The van der Waals surface area contributed by atoms with Gasteiger partial charge in [0.25, 0.3) is 5.91 Å². The van der Waals surface area contributed by atoms with E-state index in [9.17, 15) is 4.79 Å². The number of amides is 1. The maximum absolute atomic E-state index is 15.2. The lowest BCUT2D eigenvalue weighted by Crippen LogP contribution is -2.32. The molecule has 4 heterocycles. The molecule has 0 aliphatic carbocycles. The number of nitrogen functional groups attached to an aromatic ring is 1. The van der Waals surface area contributed by atoms with Crippen molar-refractivity contribution in [2.75, 3.05) is 39.1 Å². The molecule has 194 valence electrons. The molecular formula is C28H31F2N5O2. The molecule has 0 spiro atoms. The van der Waals surface area contributed by atoms with Crippen molar-refractivity contribution in [1.29, 1.82) is 0 Å². The molecule has 0 saturated carbocycles. The number of fused-ring (bicyclic) bond motifs is 1. The van der Waals surface area contributed by atoms with Gasteiger partial charge in [-0.1, -0.05) is 13.0 Å². The summed E-state index contributed by atoms with van der Waals surface area (Å²) in [5, 5.41) is 2.71. The fourth-order valence-electron chi connectivity index (χ4n) is 5.08. The first-order valence-electron chi connectivity index (χ1n) is 12.7. The highest BCUT2D eigenvalue weighted by Crippen LogP contribution is 2.36. The predicted octanol–water partition coefficient (Wildman–Crippen LogP) is 4.30. The number of anilines is 1. The number of ether oxygens (including phenoxy) is 1. The topological polar surface area (TPSA) is 93.4 Å². The van der Waals surface area contributed by atoms with E-state index in [0.717, 1.165) is 30.6 Å². The highest BCUT2D eigenvalue weighted by Gasteiger charge is 2.24. The molecule has 37 heavy (non-hydrogen) atoms. The van der Waals surface area contributed by atoms with E-state index in [0.29, 0.717) is 55.5 Å². The third kappa shape index (κ3) is 5.06. The van der Waals surface area contributed by atoms with Crippen LogP contribution in [0.5, 0.6) is 0 Å². The van der Waals surface area contributed by atoms with Crippen LogP contribution >= 0.6 is 0 Å². The van der Waals surface area contributed by atoms with Gasteiger partial charge in [0.2, 0.25) is 5.95 Å². The van der Waals surface area contributed by atoms with E-state index in [4.69, 9.17) is 15.5 Å². The number of pyridine rings is 2. The maximum Gasteiger partial charge on any atom is 0.251 e. The predicted molar refractivity (Wildman–Crippen MR) is 138 cm³/mol. The first kappa shape index (κ1) is 25.2. The Balaban J connectivity index is 1.59. The molecule has 3 aromatic rings. The number of carbonyl (C=O) groups excluding carboxylic acids is 1. The van der Waals surface area contributed by atoms with Crippen molar-refractivity contribution < 1.29 is 18.3 Å². The van der Waals surface area contributed by atoms with E-state index < -0.39 is 11.8 Å². The van der Waals surface area contributed by atoms with Crippen LogP contribution in [0.4, 0.5) is 14.6 Å². The van der Waals surface area contributed by atoms with Gasteiger partial charge in [0.15, 0.2) is 0 Å². The normalized spacial score (nSPS) is 16.1. The second-order valence-corrected chi connectivity index (χ2v) is 9.70. The number of hydrogen-bond donors (Lipinski definition) is 2. The van der Waals surface area contributed by atoms with Crippen LogP contribution in [0.15, 0.2) is 30.3 Å². The maximum atomic E-state index is 15.2. The van der Waals surface area contributed by atoms with Gasteiger partial charge in [-0.25, -0.2) is 9.37 Å². The molecule has 2 aliphatic heterocycles. The summed E-state index contributed by atoms with van der Waals surface area (Å²) in [6.45, 7) is 5.43. The van der Waals surface area contributed by atoms with Gasteiger partial charge < -0.3 is 20.7 Å². The number of halogens is 2. The van der Waals surface area contributed by atoms with Crippen molar-refractivity contribution in [3.8, 4) is 22.4 Å². The molecule has 3 N–H and O–H groups in total. The average Bonchev–Trinajstić information content (AvgIpc) is 2.90. The van der Waals surface area contributed by atoms with Crippen molar-refractivity contribution in [2.45, 2.75) is 38.6 Å². The van der Waals surface area contributed by atoms with Gasteiger partial charge in [-0.3, -0.25) is 9.78 Å². The summed E-state index contributed by atoms with van der Waals surface area (Å²) in [6, 6.07) is 8.15. The number of hydrogen-bond acceptors (Lipinski definition) is 6. The number of carbonyl (C=O) groups is 1. The zero-order chi connectivity index (χ0) is 26.1. The fraction of sp³-hybridized carbons (Fsp3) is 0.393. The number of nitrogens with zero attached hydrogens (tertiary/aromatic N) is 3. The Kier molecular flexibility index (Phi) is 7.17. The standard InChI is InChI=1S/C28H31F2N5O2/c1-3-35(2)15-25-18(16-7-10-37-11-8-16)4-5-24(33-25)22-13-21(27(31)34-26(22)30)20-12-17-6-9-32-28(36)19(17)14-23(20)29/h4-5,12-14,16H,3,6-11,15H2,1-2H3,(H2,31,34)(H,32,36). The summed E-state index contributed by atoms with van der Waals surface area (Å²) in [4.78, 5) is 23.1. The van der Waals surface area contributed by atoms with Crippen LogP contribution in [0, 0.1) is 11.8 Å². The largest absolute Gasteiger partial charge is 0.383 e. The van der Waals surface area contributed by atoms with Crippen LogP contribution in [0.1, 0.15) is 52.9 Å². The molecule has 9 heteroatoms. The number of nitrogens with two attached hydrogens (primary N) is 1. The highest BCUT2D eigenvalue weighted by atomic mass is 19.1. The van der Waals surface area contributed by atoms with E-state index in [1.54, 1.807) is 12.1 Å². The summed E-state index contributed by atoms with van der Waals surface area (Å²) in [5.74, 6) is -1.47. The summed E-state index contributed by atoms with van der Waals surface area (Å²) in [6.07, 6.45) is 2.40. The molecule has 1 fully saturated rings. The molecule has 0 atom stereocenters. The lowest BCUT2D eigenvalue weighted by molar-refractivity contribution is 0.0849. The SMILES string of the molecule is CCN(C)Cc1nc(-c2cc(-c3cc4c(cc3F)C(=O)NCC4)c(N)nc2F)ccc1C1CCOCC1. The van der Waals surface area contributed by atoms with Crippen LogP contribution in [-0.4, -0.2) is 54.1 Å². The Morgan fingerprint density at radius 1 is 1.08 bits per heavy atom. The van der Waals surface area contributed by atoms with E-state index in [-0.39, 0.29) is 28.4 Å². The second-order valence-electron chi connectivity index (χ2n) is 9.70. The minimum atomic E-state index is -0.764. The Hall–Kier alpha value is -3.43. The summed E-state index contributed by atoms with van der Waals surface area (Å²) in [7, 11) is 2.02. The van der Waals surface area contributed by atoms with Crippen LogP contribution in [0.3, 0.4) is 0 Å². The third-order valence-corrected chi connectivity index (χ3v) is 7.32.